The minimum atomic E-state index is -3.45. The third kappa shape index (κ3) is 5.43. The van der Waals surface area contributed by atoms with Crippen molar-refractivity contribution < 1.29 is 17.0 Å². The Morgan fingerprint density at radius 3 is 2.71 bits per heavy atom. The molecule has 0 saturated heterocycles. The van der Waals surface area contributed by atoms with Crippen molar-refractivity contribution in [3.05, 3.63) is 29.3 Å². The average molecular weight is 257 g/mol. The maximum Gasteiger partial charge on any atom is 0.265 e. The van der Waals surface area contributed by atoms with Crippen LogP contribution in [0, 0.1) is 24.6 Å². The fraction of sp³-hybridized carbons (Fsp3) is 0.364. The van der Waals surface area contributed by atoms with Gasteiger partial charge < -0.3 is 0 Å². The Labute approximate surface area is 100.0 Å². The van der Waals surface area contributed by atoms with Crippen LogP contribution in [0.15, 0.2) is 12.1 Å². The molecule has 0 spiro atoms. The molecule has 1 aromatic heterocycles. The fourth-order valence-corrected chi connectivity index (χ4v) is 1.31. The molecule has 1 aromatic rings. The molecule has 0 atom stereocenters. The van der Waals surface area contributed by atoms with Gasteiger partial charge in [-0.05, 0) is 19.1 Å². The minimum Gasteiger partial charge on any atom is -0.257 e. The van der Waals surface area contributed by atoms with Gasteiger partial charge >= 0.3 is 0 Å². The van der Waals surface area contributed by atoms with Crippen LogP contribution in [0.1, 0.15) is 11.4 Å². The smallest absolute Gasteiger partial charge is 0.257 e. The Bertz CT molecular complexity index is 558. The monoisotopic (exact) mass is 257 g/mol. The van der Waals surface area contributed by atoms with Gasteiger partial charge in [0, 0.05) is 0 Å². The number of pyridine rings is 1. The Morgan fingerprint density at radius 2 is 2.12 bits per heavy atom. The van der Waals surface area contributed by atoms with Crippen molar-refractivity contribution in [2.75, 3.05) is 12.9 Å². The predicted molar refractivity (Wildman–Crippen MR) is 61.2 cm³/mol. The van der Waals surface area contributed by atoms with Crippen molar-refractivity contribution in [3.63, 3.8) is 0 Å². The van der Waals surface area contributed by atoms with Crippen molar-refractivity contribution in [1.29, 1.82) is 0 Å². The molecule has 0 radical (unpaired) electrons. The van der Waals surface area contributed by atoms with E-state index >= 15 is 0 Å². The molecule has 4 nitrogen and oxygen atoms in total. The number of hydrogen-bond acceptors (Lipinski definition) is 4. The molecule has 0 amide bonds. The summed E-state index contributed by atoms with van der Waals surface area (Å²) in [5.41, 5.74) is 0.951. The zero-order valence-corrected chi connectivity index (χ0v) is 10.3. The number of hydrogen-bond donors (Lipinski definition) is 0. The molecule has 0 aromatic carbocycles. The average Bonchev–Trinajstić information content (AvgIpc) is 2.21. The summed E-state index contributed by atoms with van der Waals surface area (Å²) in [5, 5.41) is 0. The zero-order valence-electron chi connectivity index (χ0n) is 9.53. The van der Waals surface area contributed by atoms with Gasteiger partial charge in [0.2, 0.25) is 0 Å². The second-order valence-electron chi connectivity index (χ2n) is 3.37. The van der Waals surface area contributed by atoms with Gasteiger partial charge in [0.15, 0.2) is 0 Å². The lowest BCUT2D eigenvalue weighted by atomic mass is 10.2. The van der Waals surface area contributed by atoms with Crippen LogP contribution in [0.25, 0.3) is 0 Å². The molecule has 92 valence electrons. The van der Waals surface area contributed by atoms with Crippen molar-refractivity contribution in [2.45, 2.75) is 13.3 Å². The number of aromatic nitrogens is 1. The van der Waals surface area contributed by atoms with Gasteiger partial charge in [-0.25, -0.2) is 4.39 Å². The Morgan fingerprint density at radius 1 is 1.41 bits per heavy atom. The van der Waals surface area contributed by atoms with Crippen LogP contribution < -0.4 is 0 Å². The first-order chi connectivity index (χ1) is 7.88. The largest absolute Gasteiger partial charge is 0.265 e. The van der Waals surface area contributed by atoms with Crippen molar-refractivity contribution in [1.82, 2.24) is 4.98 Å². The van der Waals surface area contributed by atoms with Gasteiger partial charge in [-0.15, -0.1) is 0 Å². The van der Waals surface area contributed by atoms with Crippen molar-refractivity contribution in [2.24, 2.45) is 0 Å². The number of halogens is 1. The Balaban J connectivity index is 2.51. The summed E-state index contributed by atoms with van der Waals surface area (Å²) in [6.45, 7) is 1.39. The summed E-state index contributed by atoms with van der Waals surface area (Å²) in [6, 6.07) is 2.86. The molecular weight excluding hydrogens is 245 g/mol. The lowest BCUT2D eigenvalue weighted by molar-refractivity contribution is 0.368. The highest BCUT2D eigenvalue weighted by Gasteiger charge is 1.99. The highest BCUT2D eigenvalue weighted by Crippen LogP contribution is 2.04. The second kappa shape index (κ2) is 5.75. The topological polar surface area (TPSA) is 56.3 Å². The first-order valence-corrected chi connectivity index (χ1v) is 6.62. The van der Waals surface area contributed by atoms with E-state index in [1.807, 2.05) is 0 Å². The maximum absolute atomic E-state index is 12.9. The van der Waals surface area contributed by atoms with E-state index < -0.39 is 10.1 Å². The summed E-state index contributed by atoms with van der Waals surface area (Å²) in [6.07, 6.45) is 1.29. The van der Waals surface area contributed by atoms with E-state index in [9.17, 15) is 12.8 Å². The van der Waals surface area contributed by atoms with Crippen LogP contribution in [-0.4, -0.2) is 26.3 Å². The summed E-state index contributed by atoms with van der Waals surface area (Å²) in [4.78, 5) is 3.98. The van der Waals surface area contributed by atoms with Gasteiger partial charge in [-0.1, -0.05) is 11.8 Å². The van der Waals surface area contributed by atoms with Crippen LogP contribution >= 0.6 is 0 Å². The normalized spacial score (nSPS) is 10.8. The molecule has 6 heteroatoms. The lowest BCUT2D eigenvalue weighted by Crippen LogP contribution is -2.02. The van der Waals surface area contributed by atoms with Gasteiger partial charge in [0.1, 0.15) is 12.4 Å². The molecule has 0 aliphatic carbocycles. The number of nitrogens with zero attached hydrogens (tertiary/aromatic N) is 1. The molecule has 0 aliphatic heterocycles. The van der Waals surface area contributed by atoms with Crippen LogP contribution in [0.5, 0.6) is 0 Å². The van der Waals surface area contributed by atoms with E-state index in [0.717, 1.165) is 6.26 Å². The van der Waals surface area contributed by atoms with Gasteiger partial charge in [0.25, 0.3) is 10.1 Å². The molecular formula is C11H12FNO3S. The van der Waals surface area contributed by atoms with Crippen LogP contribution in [-0.2, 0) is 20.7 Å². The SMILES string of the molecule is Cc1nc(CC#CCOS(C)(=O)=O)ccc1F. The quantitative estimate of drug-likeness (QED) is 0.600. The van der Waals surface area contributed by atoms with E-state index in [1.54, 1.807) is 6.92 Å². The molecule has 0 N–H and O–H groups in total. The molecule has 0 aliphatic rings. The Kier molecular flexibility index (Phi) is 4.61. The van der Waals surface area contributed by atoms with Gasteiger partial charge in [-0.3, -0.25) is 9.17 Å². The molecule has 0 saturated carbocycles. The summed E-state index contributed by atoms with van der Waals surface area (Å²) in [5.74, 6) is 4.88. The molecule has 0 fully saturated rings. The van der Waals surface area contributed by atoms with E-state index in [-0.39, 0.29) is 12.4 Å². The first kappa shape index (κ1) is 13.6. The summed E-state index contributed by atoms with van der Waals surface area (Å²) in [7, 11) is -3.45. The van der Waals surface area contributed by atoms with Crippen LogP contribution in [0.2, 0.25) is 0 Å². The van der Waals surface area contributed by atoms with Crippen molar-refractivity contribution in [3.8, 4) is 11.8 Å². The van der Waals surface area contributed by atoms with Gasteiger partial charge in [-0.2, -0.15) is 8.42 Å². The molecule has 1 heterocycles. The van der Waals surface area contributed by atoms with E-state index in [4.69, 9.17) is 0 Å². The zero-order chi connectivity index (χ0) is 12.9. The van der Waals surface area contributed by atoms with E-state index in [0.29, 0.717) is 17.8 Å². The minimum absolute atomic E-state index is 0.182. The standard InChI is InChI=1S/C11H12FNO3S/c1-9-11(12)7-6-10(13-9)5-3-4-8-16-17(2,14)15/h6-7H,5,8H2,1-2H3. The predicted octanol–water partition coefficient (Wildman–Crippen LogP) is 1.05. The molecule has 0 unspecified atom stereocenters. The highest BCUT2D eigenvalue weighted by atomic mass is 32.2. The number of aryl methyl sites for hydroxylation is 1. The first-order valence-electron chi connectivity index (χ1n) is 4.80. The van der Waals surface area contributed by atoms with E-state index in [1.165, 1.54) is 12.1 Å². The third-order valence-corrected chi connectivity index (χ3v) is 2.36. The third-order valence-electron chi connectivity index (χ3n) is 1.82. The molecule has 0 bridgehead atoms. The van der Waals surface area contributed by atoms with Crippen LogP contribution in [0.3, 0.4) is 0 Å². The Hall–Kier alpha value is -1.45. The summed E-state index contributed by atoms with van der Waals surface area (Å²) >= 11 is 0. The van der Waals surface area contributed by atoms with Crippen molar-refractivity contribution >= 4 is 10.1 Å². The molecule has 1 rings (SSSR count). The molecule has 17 heavy (non-hydrogen) atoms. The summed E-state index contributed by atoms with van der Waals surface area (Å²) < 4.78 is 38.5. The van der Waals surface area contributed by atoms with Crippen LogP contribution in [0.4, 0.5) is 4.39 Å². The fourth-order valence-electron chi connectivity index (χ4n) is 1.04. The van der Waals surface area contributed by atoms with Gasteiger partial charge in [0.05, 0.1) is 24.1 Å². The van der Waals surface area contributed by atoms with E-state index in [2.05, 4.69) is 21.0 Å². The number of rotatable bonds is 3. The highest BCUT2D eigenvalue weighted by molar-refractivity contribution is 7.85. The lowest BCUT2D eigenvalue weighted by Gasteiger charge is -1.97. The maximum atomic E-state index is 12.9. The second-order valence-corrected chi connectivity index (χ2v) is 5.01.